The van der Waals surface area contributed by atoms with Crippen LogP contribution in [0, 0.1) is 0 Å². The number of pyridine rings is 1. The predicted molar refractivity (Wildman–Crippen MR) is 56.7 cm³/mol. The molecule has 0 aromatic carbocycles. The summed E-state index contributed by atoms with van der Waals surface area (Å²) in [7, 11) is 0. The van der Waals surface area contributed by atoms with Gasteiger partial charge in [-0.25, -0.2) is 0 Å². The van der Waals surface area contributed by atoms with Crippen molar-refractivity contribution in [3.05, 3.63) is 30.1 Å². The van der Waals surface area contributed by atoms with Gasteiger partial charge in [0.15, 0.2) is 0 Å². The number of nitrogens with zero attached hydrogens (tertiary/aromatic N) is 1. The van der Waals surface area contributed by atoms with Crippen LogP contribution in [-0.4, -0.2) is 11.6 Å². The molecule has 0 saturated carbocycles. The Morgan fingerprint density at radius 1 is 1.15 bits per heavy atom. The maximum Gasteiger partial charge on any atom is 0.0610 e. The molecule has 1 aromatic heterocycles. The van der Waals surface area contributed by atoms with Crippen LogP contribution in [-0.2, 0) is 10.6 Å². The average Bonchev–Trinajstić information content (AvgIpc) is 2.19. The predicted octanol–water partition coefficient (Wildman–Crippen LogP) is 2.66. The molecule has 1 heterocycles. The second kappa shape index (κ2) is 6.92. The zero-order chi connectivity index (χ0) is 9.36. The van der Waals surface area contributed by atoms with E-state index in [1.807, 2.05) is 12.4 Å². The quantitative estimate of drug-likeness (QED) is 0.430. The number of aromatic nitrogens is 1. The molecule has 0 bridgehead atoms. The zero-order valence-electron chi connectivity index (χ0n) is 7.65. The first-order valence-electron chi connectivity index (χ1n) is 4.59. The lowest BCUT2D eigenvalue weighted by atomic mass is 10.1. The van der Waals surface area contributed by atoms with Crippen LogP contribution in [0.3, 0.4) is 0 Å². The van der Waals surface area contributed by atoms with E-state index in [-0.39, 0.29) is 0 Å². The summed E-state index contributed by atoms with van der Waals surface area (Å²) in [5.41, 5.74) is 1.36. The third-order valence-electron chi connectivity index (χ3n) is 1.95. The molecule has 0 atom stereocenters. The maximum atomic E-state index is 4.68. The van der Waals surface area contributed by atoms with Crippen molar-refractivity contribution in [2.75, 3.05) is 6.61 Å². The standard InChI is InChI=1S/C10H15NOS/c13-12-9-3-1-2-4-10-5-7-11-8-6-10/h5-8,13H,1-4,9H2. The largest absolute Gasteiger partial charge is 0.319 e. The van der Waals surface area contributed by atoms with Crippen molar-refractivity contribution < 1.29 is 4.18 Å². The SMILES string of the molecule is SOCCCCCc1ccncc1. The highest BCUT2D eigenvalue weighted by molar-refractivity contribution is 7.75. The molecule has 0 aliphatic carbocycles. The van der Waals surface area contributed by atoms with Gasteiger partial charge in [0.05, 0.1) is 6.61 Å². The van der Waals surface area contributed by atoms with E-state index < -0.39 is 0 Å². The molecule has 72 valence electrons. The summed E-state index contributed by atoms with van der Waals surface area (Å²) in [6.07, 6.45) is 8.31. The van der Waals surface area contributed by atoms with Gasteiger partial charge in [0, 0.05) is 12.4 Å². The van der Waals surface area contributed by atoms with Gasteiger partial charge in [0.2, 0.25) is 0 Å². The highest BCUT2D eigenvalue weighted by Gasteiger charge is 1.92. The highest BCUT2D eigenvalue weighted by Crippen LogP contribution is 2.05. The molecule has 0 unspecified atom stereocenters. The number of unbranched alkanes of at least 4 members (excludes halogenated alkanes) is 2. The Balaban J connectivity index is 2.07. The molecular weight excluding hydrogens is 182 g/mol. The number of rotatable bonds is 6. The van der Waals surface area contributed by atoms with Gasteiger partial charge in [0.1, 0.15) is 0 Å². The summed E-state index contributed by atoms with van der Waals surface area (Å²) in [5.74, 6) is 0. The summed E-state index contributed by atoms with van der Waals surface area (Å²) in [5, 5.41) is 0. The Labute approximate surface area is 85.0 Å². The van der Waals surface area contributed by atoms with Gasteiger partial charge >= 0.3 is 0 Å². The van der Waals surface area contributed by atoms with E-state index in [2.05, 4.69) is 34.2 Å². The van der Waals surface area contributed by atoms with Crippen LogP contribution in [0.5, 0.6) is 0 Å². The van der Waals surface area contributed by atoms with Crippen LogP contribution >= 0.6 is 12.9 Å². The first-order valence-corrected chi connectivity index (χ1v) is 4.95. The molecule has 1 rings (SSSR count). The van der Waals surface area contributed by atoms with E-state index in [0.29, 0.717) is 0 Å². The van der Waals surface area contributed by atoms with Crippen LogP contribution in [0.25, 0.3) is 0 Å². The normalized spacial score (nSPS) is 10.2. The molecule has 0 aliphatic rings. The summed E-state index contributed by atoms with van der Waals surface area (Å²) < 4.78 is 4.68. The molecular formula is C10H15NOS. The lowest BCUT2D eigenvalue weighted by Gasteiger charge is -2.00. The zero-order valence-corrected chi connectivity index (χ0v) is 8.54. The summed E-state index contributed by atoms with van der Waals surface area (Å²) in [6.45, 7) is 0.749. The van der Waals surface area contributed by atoms with Crippen LogP contribution in [0.15, 0.2) is 24.5 Å². The van der Waals surface area contributed by atoms with Gasteiger partial charge in [-0.15, -0.1) is 0 Å². The lowest BCUT2D eigenvalue weighted by molar-refractivity contribution is 0.363. The maximum absolute atomic E-state index is 4.68. The van der Waals surface area contributed by atoms with E-state index in [0.717, 1.165) is 19.4 Å². The van der Waals surface area contributed by atoms with Gasteiger partial charge in [0.25, 0.3) is 0 Å². The van der Waals surface area contributed by atoms with Crippen LogP contribution in [0.2, 0.25) is 0 Å². The number of hydrogen-bond acceptors (Lipinski definition) is 3. The third kappa shape index (κ3) is 4.90. The van der Waals surface area contributed by atoms with Crippen molar-refractivity contribution in [3.63, 3.8) is 0 Å². The van der Waals surface area contributed by atoms with E-state index >= 15 is 0 Å². The molecule has 13 heavy (non-hydrogen) atoms. The van der Waals surface area contributed by atoms with E-state index in [1.165, 1.54) is 18.4 Å². The molecule has 0 saturated heterocycles. The number of hydrogen-bond donors (Lipinski definition) is 1. The van der Waals surface area contributed by atoms with Gasteiger partial charge in [-0.3, -0.25) is 4.98 Å². The minimum atomic E-state index is 0.749. The first-order chi connectivity index (χ1) is 6.43. The molecule has 0 spiro atoms. The monoisotopic (exact) mass is 197 g/mol. The average molecular weight is 197 g/mol. The fourth-order valence-electron chi connectivity index (χ4n) is 1.22. The minimum Gasteiger partial charge on any atom is -0.319 e. The number of aryl methyl sites for hydroxylation is 1. The Hall–Kier alpha value is -0.540. The smallest absolute Gasteiger partial charge is 0.0610 e. The van der Waals surface area contributed by atoms with E-state index in [4.69, 9.17) is 0 Å². The fraction of sp³-hybridized carbons (Fsp3) is 0.500. The Bertz CT molecular complexity index is 215. The first kappa shape index (κ1) is 10.5. The van der Waals surface area contributed by atoms with Crippen molar-refractivity contribution in [1.82, 2.24) is 4.98 Å². The molecule has 1 aromatic rings. The van der Waals surface area contributed by atoms with Crippen LogP contribution in [0.4, 0.5) is 0 Å². The van der Waals surface area contributed by atoms with Crippen molar-refractivity contribution in [3.8, 4) is 0 Å². The summed E-state index contributed by atoms with van der Waals surface area (Å²) >= 11 is 3.68. The van der Waals surface area contributed by atoms with Gasteiger partial charge < -0.3 is 4.18 Å². The topological polar surface area (TPSA) is 22.1 Å². The lowest BCUT2D eigenvalue weighted by Crippen LogP contribution is -1.88. The van der Waals surface area contributed by atoms with Crippen molar-refractivity contribution in [2.24, 2.45) is 0 Å². The molecule has 0 amide bonds. The molecule has 0 aliphatic heterocycles. The van der Waals surface area contributed by atoms with E-state index in [9.17, 15) is 0 Å². The van der Waals surface area contributed by atoms with E-state index in [1.54, 1.807) is 0 Å². The minimum absolute atomic E-state index is 0.749. The summed E-state index contributed by atoms with van der Waals surface area (Å²) in [4.78, 5) is 3.97. The second-order valence-corrected chi connectivity index (χ2v) is 3.26. The highest BCUT2D eigenvalue weighted by atomic mass is 32.1. The Morgan fingerprint density at radius 2 is 1.92 bits per heavy atom. The van der Waals surface area contributed by atoms with Crippen molar-refractivity contribution in [1.29, 1.82) is 0 Å². The van der Waals surface area contributed by atoms with Crippen molar-refractivity contribution in [2.45, 2.75) is 25.7 Å². The Morgan fingerprint density at radius 3 is 2.62 bits per heavy atom. The Kier molecular flexibility index (Phi) is 5.61. The van der Waals surface area contributed by atoms with Gasteiger partial charge in [-0.2, -0.15) is 0 Å². The summed E-state index contributed by atoms with van der Waals surface area (Å²) in [6, 6.07) is 4.13. The van der Waals surface area contributed by atoms with Gasteiger partial charge in [-0.1, -0.05) is 6.42 Å². The fourth-order valence-corrected chi connectivity index (χ4v) is 1.35. The van der Waals surface area contributed by atoms with Crippen LogP contribution < -0.4 is 0 Å². The molecule has 0 N–H and O–H groups in total. The molecule has 0 fully saturated rings. The van der Waals surface area contributed by atoms with Crippen LogP contribution in [0.1, 0.15) is 24.8 Å². The molecule has 2 nitrogen and oxygen atoms in total. The van der Waals surface area contributed by atoms with Crippen molar-refractivity contribution >= 4 is 12.9 Å². The second-order valence-electron chi connectivity index (χ2n) is 3.00. The third-order valence-corrected chi connectivity index (χ3v) is 2.13. The molecule has 0 radical (unpaired) electrons. The molecule has 3 heteroatoms. The van der Waals surface area contributed by atoms with Gasteiger partial charge in [-0.05, 0) is 49.9 Å². The number of thiol groups is 1.